The largest absolute Gasteiger partial charge is 0.494 e. The maximum absolute atomic E-state index is 11.2. The zero-order valence-corrected chi connectivity index (χ0v) is 15.9. The van der Waals surface area contributed by atoms with Gasteiger partial charge >= 0.3 is 5.97 Å². The molecular formula is C20H33N3O4. The summed E-state index contributed by atoms with van der Waals surface area (Å²) in [6.45, 7) is 2.42. The Morgan fingerprint density at radius 1 is 1.30 bits per heavy atom. The van der Waals surface area contributed by atoms with Crippen molar-refractivity contribution in [1.29, 1.82) is 0 Å². The molecule has 1 heterocycles. The Bertz CT molecular complexity index is 553. The van der Waals surface area contributed by atoms with Crippen LogP contribution in [0, 0.1) is 0 Å². The Labute approximate surface area is 161 Å². The Morgan fingerprint density at radius 3 is 2.70 bits per heavy atom. The molecule has 7 nitrogen and oxygen atoms in total. The molecule has 0 aromatic heterocycles. The number of nitrogens with one attached hydrogen (secondary N) is 2. The average molecular weight is 380 g/mol. The molecule has 0 bridgehead atoms. The van der Waals surface area contributed by atoms with Crippen LogP contribution in [-0.2, 0) is 11.2 Å². The number of benzene rings is 1. The van der Waals surface area contributed by atoms with E-state index >= 15 is 0 Å². The molecule has 7 heteroatoms. The third-order valence-electron chi connectivity index (χ3n) is 4.83. The average Bonchev–Trinajstić information content (AvgIpc) is 3.06. The molecule has 1 aromatic rings. The molecule has 1 saturated heterocycles. The van der Waals surface area contributed by atoms with Gasteiger partial charge < -0.3 is 31.3 Å². The molecule has 1 aliphatic rings. The van der Waals surface area contributed by atoms with Crippen LogP contribution >= 0.6 is 0 Å². The summed E-state index contributed by atoms with van der Waals surface area (Å²) in [5.74, 6) is 0.00342. The highest BCUT2D eigenvalue weighted by atomic mass is 16.5. The van der Waals surface area contributed by atoms with Crippen LogP contribution in [0.15, 0.2) is 24.3 Å². The number of unbranched alkanes of at least 4 members (excludes halogenated alkanes) is 1. The Hall–Kier alpha value is -1.67. The number of carbonyl (C=O) groups is 1. The molecule has 1 aromatic carbocycles. The van der Waals surface area contributed by atoms with Gasteiger partial charge in [0.2, 0.25) is 0 Å². The lowest BCUT2D eigenvalue weighted by molar-refractivity contribution is -0.139. The molecule has 0 saturated carbocycles. The van der Waals surface area contributed by atoms with E-state index in [-0.39, 0.29) is 6.10 Å². The zero-order valence-electron chi connectivity index (χ0n) is 15.9. The SMILES string of the molecule is NCCCC[C@@H](NCCCOc1ccc(C[C@@H]2C[C@@H](O)CN2)cc1)C(=O)O. The number of hydrogen-bond donors (Lipinski definition) is 5. The Balaban J connectivity index is 1.61. The summed E-state index contributed by atoms with van der Waals surface area (Å²) in [5, 5.41) is 25.1. The third-order valence-corrected chi connectivity index (χ3v) is 4.83. The summed E-state index contributed by atoms with van der Waals surface area (Å²) < 4.78 is 5.73. The molecular weight excluding hydrogens is 346 g/mol. The second-order valence-corrected chi connectivity index (χ2v) is 7.17. The van der Waals surface area contributed by atoms with Crippen LogP contribution in [0.25, 0.3) is 0 Å². The van der Waals surface area contributed by atoms with Crippen molar-refractivity contribution in [2.24, 2.45) is 5.73 Å². The van der Waals surface area contributed by atoms with Gasteiger partial charge in [-0.3, -0.25) is 4.79 Å². The molecule has 0 radical (unpaired) electrons. The number of aliphatic hydroxyl groups excluding tert-OH is 1. The quantitative estimate of drug-likeness (QED) is 0.323. The molecule has 1 aliphatic heterocycles. The summed E-state index contributed by atoms with van der Waals surface area (Å²) >= 11 is 0. The standard InChI is InChI=1S/C20H33N3O4/c21-9-2-1-4-19(20(25)26)22-10-3-11-27-18-7-5-15(6-8-18)12-16-13-17(24)14-23-16/h5-8,16-17,19,22-24H,1-4,9-14,21H2,(H,25,26)/t16-,17-,19-/m1/s1. The molecule has 0 aliphatic carbocycles. The smallest absolute Gasteiger partial charge is 0.320 e. The highest BCUT2D eigenvalue weighted by Crippen LogP contribution is 2.16. The van der Waals surface area contributed by atoms with Crippen molar-refractivity contribution in [2.45, 2.75) is 56.7 Å². The first kappa shape index (κ1) is 21.6. The first-order valence-corrected chi connectivity index (χ1v) is 9.88. The molecule has 27 heavy (non-hydrogen) atoms. The van der Waals surface area contributed by atoms with Crippen molar-refractivity contribution in [2.75, 3.05) is 26.2 Å². The van der Waals surface area contributed by atoms with Crippen LogP contribution in [0.5, 0.6) is 5.75 Å². The van der Waals surface area contributed by atoms with Gasteiger partial charge in [-0.1, -0.05) is 18.6 Å². The van der Waals surface area contributed by atoms with E-state index in [2.05, 4.69) is 22.8 Å². The van der Waals surface area contributed by atoms with E-state index in [1.807, 2.05) is 12.1 Å². The monoisotopic (exact) mass is 379 g/mol. The highest BCUT2D eigenvalue weighted by molar-refractivity contribution is 5.73. The van der Waals surface area contributed by atoms with E-state index in [0.717, 1.165) is 37.9 Å². The van der Waals surface area contributed by atoms with Crippen molar-refractivity contribution < 1.29 is 19.7 Å². The van der Waals surface area contributed by atoms with Gasteiger partial charge in [-0.25, -0.2) is 0 Å². The maximum atomic E-state index is 11.2. The number of carboxylic acids is 1. The van der Waals surface area contributed by atoms with Crippen LogP contribution in [0.1, 0.15) is 37.7 Å². The van der Waals surface area contributed by atoms with Crippen molar-refractivity contribution in [3.8, 4) is 5.75 Å². The summed E-state index contributed by atoms with van der Waals surface area (Å²) in [7, 11) is 0. The number of hydrogen-bond acceptors (Lipinski definition) is 6. The van der Waals surface area contributed by atoms with Gasteiger partial charge in [0.1, 0.15) is 11.8 Å². The lowest BCUT2D eigenvalue weighted by atomic mass is 10.0. The minimum atomic E-state index is -0.812. The fourth-order valence-corrected chi connectivity index (χ4v) is 3.30. The third kappa shape index (κ3) is 8.26. The van der Waals surface area contributed by atoms with Crippen molar-refractivity contribution in [3.05, 3.63) is 29.8 Å². The van der Waals surface area contributed by atoms with E-state index in [1.165, 1.54) is 5.56 Å². The topological polar surface area (TPSA) is 117 Å². The van der Waals surface area contributed by atoms with Crippen molar-refractivity contribution in [1.82, 2.24) is 10.6 Å². The van der Waals surface area contributed by atoms with E-state index in [9.17, 15) is 15.0 Å². The van der Waals surface area contributed by atoms with Crippen LogP contribution in [-0.4, -0.2) is 60.6 Å². The van der Waals surface area contributed by atoms with Gasteiger partial charge in [0.15, 0.2) is 0 Å². The van der Waals surface area contributed by atoms with Gasteiger partial charge in [0.25, 0.3) is 0 Å². The van der Waals surface area contributed by atoms with Crippen LogP contribution in [0.2, 0.25) is 0 Å². The van der Waals surface area contributed by atoms with Gasteiger partial charge in [-0.2, -0.15) is 0 Å². The summed E-state index contributed by atoms with van der Waals surface area (Å²) in [6, 6.07) is 7.85. The van der Waals surface area contributed by atoms with Crippen molar-refractivity contribution >= 4 is 5.97 Å². The molecule has 152 valence electrons. The number of nitrogens with two attached hydrogens (primary N) is 1. The van der Waals surface area contributed by atoms with Crippen LogP contribution < -0.4 is 21.1 Å². The lowest BCUT2D eigenvalue weighted by Gasteiger charge is -2.14. The fourth-order valence-electron chi connectivity index (χ4n) is 3.30. The molecule has 2 rings (SSSR count). The van der Waals surface area contributed by atoms with Gasteiger partial charge in [0, 0.05) is 12.6 Å². The minimum Gasteiger partial charge on any atom is -0.494 e. The molecule has 0 unspecified atom stereocenters. The zero-order chi connectivity index (χ0) is 19.5. The van der Waals surface area contributed by atoms with Crippen LogP contribution in [0.3, 0.4) is 0 Å². The summed E-state index contributed by atoms with van der Waals surface area (Å²) in [5.41, 5.74) is 6.66. The number of aliphatic hydroxyl groups is 1. The fraction of sp³-hybridized carbons (Fsp3) is 0.650. The van der Waals surface area contributed by atoms with E-state index in [0.29, 0.717) is 38.7 Å². The molecule has 3 atom stereocenters. The van der Waals surface area contributed by atoms with Gasteiger partial charge in [-0.05, 0) is 62.9 Å². The number of β-amino-alcohol motifs (C(OH)–C–C–N with tert-alkyl or cyclic N) is 1. The number of rotatable bonds is 13. The van der Waals surface area contributed by atoms with E-state index in [1.54, 1.807) is 0 Å². The number of aliphatic carboxylic acids is 1. The van der Waals surface area contributed by atoms with Crippen LogP contribution in [0.4, 0.5) is 0 Å². The first-order valence-electron chi connectivity index (χ1n) is 9.88. The Kier molecular flexibility index (Phi) is 9.55. The minimum absolute atomic E-state index is 0.229. The number of ether oxygens (including phenoxy) is 1. The van der Waals surface area contributed by atoms with E-state index < -0.39 is 12.0 Å². The molecule has 6 N–H and O–H groups in total. The molecule has 1 fully saturated rings. The summed E-state index contributed by atoms with van der Waals surface area (Å²) in [6.07, 6.45) is 4.48. The predicted octanol–water partition coefficient (Wildman–Crippen LogP) is 0.893. The normalized spacial score (nSPS) is 20.5. The highest BCUT2D eigenvalue weighted by Gasteiger charge is 2.21. The van der Waals surface area contributed by atoms with Gasteiger partial charge in [0.05, 0.1) is 12.7 Å². The lowest BCUT2D eigenvalue weighted by Crippen LogP contribution is -2.37. The number of carboxylic acid groups (broad SMARTS) is 1. The summed E-state index contributed by atoms with van der Waals surface area (Å²) in [4.78, 5) is 11.2. The maximum Gasteiger partial charge on any atom is 0.320 e. The second-order valence-electron chi connectivity index (χ2n) is 7.17. The molecule has 0 amide bonds. The predicted molar refractivity (Wildman–Crippen MR) is 105 cm³/mol. The first-order chi connectivity index (χ1) is 13.1. The van der Waals surface area contributed by atoms with E-state index in [4.69, 9.17) is 10.5 Å². The Morgan fingerprint density at radius 2 is 2.07 bits per heavy atom. The second kappa shape index (κ2) is 11.9. The van der Waals surface area contributed by atoms with Gasteiger partial charge in [-0.15, -0.1) is 0 Å². The van der Waals surface area contributed by atoms with Crippen molar-refractivity contribution in [3.63, 3.8) is 0 Å². The molecule has 0 spiro atoms.